The van der Waals surface area contributed by atoms with Gasteiger partial charge in [-0.1, -0.05) is 137 Å². The first kappa shape index (κ1) is 23.9. The standard InChI is InChI=1S/C36H26BrNSi/c37-27-22-24-31(25-23-27)39(29-13-3-1-4-14-29,30-15-5-2-6-16-30)32-17-11-12-28(26-32)38-35-20-9-7-18-33(35)34-19-8-10-21-36(34)38/h1-26H. The molecule has 0 radical (unpaired) electrons. The summed E-state index contributed by atoms with van der Waals surface area (Å²) in [5.41, 5.74) is 3.64. The molecule has 0 bridgehead atoms. The van der Waals surface area contributed by atoms with E-state index in [1.165, 1.54) is 48.2 Å². The lowest BCUT2D eigenvalue weighted by Crippen LogP contribution is -2.74. The number of hydrogen-bond donors (Lipinski definition) is 0. The lowest BCUT2D eigenvalue weighted by molar-refractivity contribution is 1.18. The Kier molecular flexibility index (Phi) is 6.03. The third-order valence-electron chi connectivity index (χ3n) is 7.81. The predicted molar refractivity (Wildman–Crippen MR) is 172 cm³/mol. The van der Waals surface area contributed by atoms with Crippen molar-refractivity contribution in [1.29, 1.82) is 0 Å². The van der Waals surface area contributed by atoms with E-state index in [1.807, 2.05) is 0 Å². The van der Waals surface area contributed by atoms with Crippen LogP contribution in [0.4, 0.5) is 0 Å². The zero-order chi connectivity index (χ0) is 26.2. The first-order valence-corrected chi connectivity index (χ1v) is 16.0. The summed E-state index contributed by atoms with van der Waals surface area (Å²) in [4.78, 5) is 0. The van der Waals surface area contributed by atoms with Gasteiger partial charge in [-0.15, -0.1) is 0 Å². The molecule has 0 atom stereocenters. The maximum Gasteiger partial charge on any atom is 0.179 e. The van der Waals surface area contributed by atoms with Crippen molar-refractivity contribution >= 4 is 66.6 Å². The summed E-state index contributed by atoms with van der Waals surface area (Å²) in [5, 5.41) is 8.03. The van der Waals surface area contributed by atoms with Crippen LogP contribution in [-0.4, -0.2) is 12.6 Å². The zero-order valence-corrected chi connectivity index (χ0v) is 23.9. The lowest BCUT2D eigenvalue weighted by atomic mass is 10.2. The minimum Gasteiger partial charge on any atom is -0.309 e. The molecule has 7 rings (SSSR count). The molecule has 0 amide bonds. The number of para-hydroxylation sites is 2. The molecule has 39 heavy (non-hydrogen) atoms. The fourth-order valence-electron chi connectivity index (χ4n) is 6.16. The van der Waals surface area contributed by atoms with Crippen LogP contribution in [0.3, 0.4) is 0 Å². The van der Waals surface area contributed by atoms with Gasteiger partial charge in [0.1, 0.15) is 0 Å². The molecule has 7 aromatic rings. The zero-order valence-electron chi connectivity index (χ0n) is 21.3. The largest absolute Gasteiger partial charge is 0.309 e. The number of rotatable bonds is 5. The maximum atomic E-state index is 3.68. The van der Waals surface area contributed by atoms with Crippen molar-refractivity contribution in [2.24, 2.45) is 0 Å². The average molecular weight is 581 g/mol. The first-order chi connectivity index (χ1) is 19.3. The van der Waals surface area contributed by atoms with E-state index in [1.54, 1.807) is 0 Å². The van der Waals surface area contributed by atoms with Crippen LogP contribution in [0.25, 0.3) is 27.5 Å². The molecular formula is C36H26BrNSi. The molecule has 0 N–H and O–H groups in total. The summed E-state index contributed by atoms with van der Waals surface area (Å²) in [7, 11) is -2.64. The molecule has 6 aromatic carbocycles. The van der Waals surface area contributed by atoms with Gasteiger partial charge in [0, 0.05) is 20.9 Å². The number of benzene rings is 6. The highest BCUT2D eigenvalue weighted by Crippen LogP contribution is 2.31. The summed E-state index contributed by atoms with van der Waals surface area (Å²) >= 11 is 3.68. The molecule has 0 saturated carbocycles. The summed E-state index contributed by atoms with van der Waals surface area (Å²) in [6, 6.07) is 57.9. The van der Waals surface area contributed by atoms with E-state index in [4.69, 9.17) is 0 Å². The molecule has 0 aliphatic carbocycles. The fourth-order valence-corrected chi connectivity index (χ4v) is 11.2. The summed E-state index contributed by atoms with van der Waals surface area (Å²) < 4.78 is 3.51. The van der Waals surface area contributed by atoms with Crippen LogP contribution in [0, 0.1) is 0 Å². The summed E-state index contributed by atoms with van der Waals surface area (Å²) in [6.45, 7) is 0. The van der Waals surface area contributed by atoms with Crippen molar-refractivity contribution in [3.05, 3.63) is 162 Å². The topological polar surface area (TPSA) is 4.93 Å². The molecular weight excluding hydrogens is 554 g/mol. The Balaban J connectivity index is 1.57. The van der Waals surface area contributed by atoms with Crippen LogP contribution in [-0.2, 0) is 0 Å². The fraction of sp³-hybridized carbons (Fsp3) is 0. The van der Waals surface area contributed by atoms with Crippen molar-refractivity contribution in [3.8, 4) is 5.69 Å². The summed E-state index contributed by atoms with van der Waals surface area (Å²) in [5.74, 6) is 0. The van der Waals surface area contributed by atoms with Gasteiger partial charge in [-0.05, 0) is 57.1 Å². The maximum absolute atomic E-state index is 3.68. The highest BCUT2D eigenvalue weighted by molar-refractivity contribution is 9.10. The molecule has 0 saturated heterocycles. The SMILES string of the molecule is Brc1ccc([Si](c2ccccc2)(c2ccccc2)c2cccc(-n3c4ccccc4c4ccccc43)c2)cc1. The Bertz CT molecular complexity index is 1820. The van der Waals surface area contributed by atoms with Gasteiger partial charge in [0.15, 0.2) is 8.07 Å². The van der Waals surface area contributed by atoms with Gasteiger partial charge in [0.25, 0.3) is 0 Å². The molecule has 186 valence electrons. The van der Waals surface area contributed by atoms with Crippen molar-refractivity contribution in [2.75, 3.05) is 0 Å². The van der Waals surface area contributed by atoms with Crippen molar-refractivity contribution in [1.82, 2.24) is 4.57 Å². The number of nitrogens with zero attached hydrogens (tertiary/aromatic N) is 1. The minimum absolute atomic E-state index is 1.09. The van der Waals surface area contributed by atoms with Gasteiger partial charge >= 0.3 is 0 Å². The van der Waals surface area contributed by atoms with E-state index in [0.717, 1.165) is 4.47 Å². The number of halogens is 1. The van der Waals surface area contributed by atoms with E-state index in [9.17, 15) is 0 Å². The van der Waals surface area contributed by atoms with Crippen LogP contribution >= 0.6 is 15.9 Å². The Morgan fingerprint density at radius 3 is 1.44 bits per heavy atom. The highest BCUT2D eigenvalue weighted by Gasteiger charge is 2.41. The van der Waals surface area contributed by atoms with Crippen molar-refractivity contribution in [2.45, 2.75) is 0 Å². The van der Waals surface area contributed by atoms with Gasteiger partial charge in [-0.25, -0.2) is 0 Å². The molecule has 0 fully saturated rings. The second-order valence-corrected chi connectivity index (χ2v) is 14.6. The normalized spacial score (nSPS) is 11.7. The van der Waals surface area contributed by atoms with Gasteiger partial charge in [0.2, 0.25) is 0 Å². The van der Waals surface area contributed by atoms with Crippen LogP contribution in [0.5, 0.6) is 0 Å². The number of hydrogen-bond acceptors (Lipinski definition) is 0. The Hall–Kier alpha value is -4.18. The Morgan fingerprint density at radius 1 is 0.410 bits per heavy atom. The van der Waals surface area contributed by atoms with Gasteiger partial charge in [-0.3, -0.25) is 0 Å². The van der Waals surface area contributed by atoms with Gasteiger partial charge in [0.05, 0.1) is 11.0 Å². The molecule has 0 unspecified atom stereocenters. The second-order valence-electron chi connectivity index (χ2n) is 9.91. The van der Waals surface area contributed by atoms with Gasteiger partial charge < -0.3 is 4.57 Å². The van der Waals surface area contributed by atoms with E-state index < -0.39 is 8.07 Å². The minimum atomic E-state index is -2.64. The molecule has 3 heteroatoms. The monoisotopic (exact) mass is 579 g/mol. The van der Waals surface area contributed by atoms with E-state index in [2.05, 4.69) is 178 Å². The van der Waals surface area contributed by atoms with Crippen LogP contribution in [0.2, 0.25) is 0 Å². The van der Waals surface area contributed by atoms with Gasteiger partial charge in [-0.2, -0.15) is 0 Å². The third kappa shape index (κ3) is 3.89. The molecule has 1 nitrogen and oxygen atoms in total. The van der Waals surface area contributed by atoms with Crippen molar-refractivity contribution in [3.63, 3.8) is 0 Å². The van der Waals surface area contributed by atoms with Crippen LogP contribution in [0.15, 0.2) is 162 Å². The Labute approximate surface area is 238 Å². The Morgan fingerprint density at radius 2 is 0.872 bits per heavy atom. The first-order valence-electron chi connectivity index (χ1n) is 13.2. The smallest absolute Gasteiger partial charge is 0.179 e. The summed E-state index contributed by atoms with van der Waals surface area (Å²) in [6.07, 6.45) is 0. The quantitative estimate of drug-likeness (QED) is 0.154. The van der Waals surface area contributed by atoms with E-state index >= 15 is 0 Å². The molecule has 0 aliphatic rings. The highest BCUT2D eigenvalue weighted by atomic mass is 79.9. The van der Waals surface area contributed by atoms with E-state index in [0.29, 0.717) is 0 Å². The molecule has 1 heterocycles. The average Bonchev–Trinajstić information content (AvgIpc) is 3.34. The number of fused-ring (bicyclic) bond motifs is 3. The third-order valence-corrected chi connectivity index (χ3v) is 13.1. The van der Waals surface area contributed by atoms with E-state index in [-0.39, 0.29) is 0 Å². The predicted octanol–water partition coefficient (Wildman–Crippen LogP) is 6.92. The van der Waals surface area contributed by atoms with Crippen molar-refractivity contribution < 1.29 is 0 Å². The molecule has 1 aromatic heterocycles. The number of aromatic nitrogens is 1. The molecule has 0 spiro atoms. The lowest BCUT2D eigenvalue weighted by Gasteiger charge is -2.34. The molecule has 0 aliphatic heterocycles. The van der Waals surface area contributed by atoms with Crippen LogP contribution < -0.4 is 20.7 Å². The second kappa shape index (κ2) is 9.85. The van der Waals surface area contributed by atoms with Crippen LogP contribution in [0.1, 0.15) is 0 Å².